The molecule has 0 aliphatic carbocycles. The zero-order valence-corrected chi connectivity index (χ0v) is 12.3. The standard InChI is InChI=1S/C12H11N3O3S2/c1-6-5-9(19-8(6)3-4-10(16)17)11(18)14-12-13-7(2)15-20-12/h3-5H,1-2H3,(H,16,17)(H,13,14,15,18)/b4-3+. The van der Waals surface area contributed by atoms with Gasteiger partial charge in [-0.25, -0.2) is 9.78 Å². The average molecular weight is 309 g/mol. The second-order valence-corrected chi connectivity index (χ2v) is 5.77. The number of amides is 1. The maximum absolute atomic E-state index is 12.0. The fraction of sp³-hybridized carbons (Fsp3) is 0.167. The highest BCUT2D eigenvalue weighted by Crippen LogP contribution is 2.24. The van der Waals surface area contributed by atoms with Crippen LogP contribution in [0.4, 0.5) is 5.13 Å². The van der Waals surface area contributed by atoms with Crippen molar-refractivity contribution < 1.29 is 14.7 Å². The van der Waals surface area contributed by atoms with Crippen LogP contribution in [0, 0.1) is 13.8 Å². The average Bonchev–Trinajstić information content (AvgIpc) is 2.93. The number of hydrogen-bond donors (Lipinski definition) is 2. The SMILES string of the molecule is Cc1nsc(NC(=O)c2cc(C)c(/C=C/C(=O)O)s2)n1. The number of nitrogens with one attached hydrogen (secondary N) is 1. The van der Waals surface area contributed by atoms with E-state index < -0.39 is 5.97 Å². The number of aromatic nitrogens is 2. The normalized spacial score (nSPS) is 10.9. The minimum absolute atomic E-state index is 0.274. The molecule has 0 aliphatic heterocycles. The topological polar surface area (TPSA) is 92.2 Å². The molecule has 0 aliphatic rings. The van der Waals surface area contributed by atoms with Crippen molar-refractivity contribution in [1.29, 1.82) is 0 Å². The lowest BCUT2D eigenvalue weighted by atomic mass is 10.2. The van der Waals surface area contributed by atoms with Crippen LogP contribution in [0.2, 0.25) is 0 Å². The number of nitrogens with zero attached hydrogens (tertiary/aromatic N) is 2. The Bertz CT molecular complexity index is 688. The predicted molar refractivity (Wildman–Crippen MR) is 78.3 cm³/mol. The van der Waals surface area contributed by atoms with Gasteiger partial charge in [-0.1, -0.05) is 0 Å². The maximum Gasteiger partial charge on any atom is 0.328 e. The van der Waals surface area contributed by atoms with Crippen LogP contribution in [0.15, 0.2) is 12.1 Å². The number of carbonyl (C=O) groups is 2. The van der Waals surface area contributed by atoms with Crippen molar-refractivity contribution in [2.24, 2.45) is 0 Å². The minimum atomic E-state index is -1.02. The highest BCUT2D eigenvalue weighted by Gasteiger charge is 2.13. The third kappa shape index (κ3) is 3.49. The number of carboxylic acid groups (broad SMARTS) is 1. The van der Waals surface area contributed by atoms with Crippen LogP contribution in [0.1, 0.15) is 25.9 Å². The summed E-state index contributed by atoms with van der Waals surface area (Å²) >= 11 is 2.35. The van der Waals surface area contributed by atoms with Crippen molar-refractivity contribution in [2.75, 3.05) is 5.32 Å². The van der Waals surface area contributed by atoms with Crippen LogP contribution in [0.5, 0.6) is 0 Å². The predicted octanol–water partition coefficient (Wildman–Crippen LogP) is 2.57. The van der Waals surface area contributed by atoms with Gasteiger partial charge >= 0.3 is 5.97 Å². The molecule has 0 saturated heterocycles. The molecule has 0 radical (unpaired) electrons. The van der Waals surface area contributed by atoms with Crippen LogP contribution < -0.4 is 5.32 Å². The van der Waals surface area contributed by atoms with E-state index in [0.717, 1.165) is 28.0 Å². The Labute approximate surface area is 123 Å². The van der Waals surface area contributed by atoms with Crippen molar-refractivity contribution in [3.63, 3.8) is 0 Å². The van der Waals surface area contributed by atoms with Gasteiger partial charge in [0, 0.05) is 22.5 Å². The molecule has 0 bridgehead atoms. The first-order valence-electron chi connectivity index (χ1n) is 5.59. The van der Waals surface area contributed by atoms with Crippen LogP contribution in [-0.4, -0.2) is 26.3 Å². The number of aliphatic carboxylic acids is 1. The largest absolute Gasteiger partial charge is 0.478 e. The van der Waals surface area contributed by atoms with E-state index in [4.69, 9.17) is 5.11 Å². The van der Waals surface area contributed by atoms with Crippen molar-refractivity contribution in [1.82, 2.24) is 9.36 Å². The van der Waals surface area contributed by atoms with E-state index in [1.165, 1.54) is 17.4 Å². The van der Waals surface area contributed by atoms with Gasteiger partial charge in [-0.15, -0.1) is 11.3 Å². The molecule has 2 N–H and O–H groups in total. The minimum Gasteiger partial charge on any atom is -0.478 e. The molecule has 2 aromatic rings. The monoisotopic (exact) mass is 309 g/mol. The molecule has 104 valence electrons. The van der Waals surface area contributed by atoms with E-state index in [9.17, 15) is 9.59 Å². The number of thiophene rings is 1. The smallest absolute Gasteiger partial charge is 0.328 e. The molecule has 6 nitrogen and oxygen atoms in total. The lowest BCUT2D eigenvalue weighted by Crippen LogP contribution is -2.09. The van der Waals surface area contributed by atoms with Gasteiger partial charge in [0.25, 0.3) is 5.91 Å². The molecule has 0 spiro atoms. The van der Waals surface area contributed by atoms with Gasteiger partial charge in [0.1, 0.15) is 5.82 Å². The van der Waals surface area contributed by atoms with Crippen molar-refractivity contribution in [3.05, 3.63) is 33.3 Å². The van der Waals surface area contributed by atoms with E-state index in [0.29, 0.717) is 15.8 Å². The molecular weight excluding hydrogens is 298 g/mol. The first-order valence-corrected chi connectivity index (χ1v) is 7.18. The summed E-state index contributed by atoms with van der Waals surface area (Å²) in [7, 11) is 0. The number of aryl methyl sites for hydroxylation is 2. The lowest BCUT2D eigenvalue weighted by Gasteiger charge is -1.96. The Kier molecular flexibility index (Phi) is 4.26. The Morgan fingerprint density at radius 2 is 2.15 bits per heavy atom. The zero-order chi connectivity index (χ0) is 14.7. The summed E-state index contributed by atoms with van der Waals surface area (Å²) < 4.78 is 3.98. The first-order chi connectivity index (χ1) is 9.45. The summed E-state index contributed by atoms with van der Waals surface area (Å²) in [6, 6.07) is 1.72. The Hall–Kier alpha value is -2.06. The number of carboxylic acids is 1. The highest BCUT2D eigenvalue weighted by molar-refractivity contribution is 7.15. The number of carbonyl (C=O) groups excluding carboxylic acids is 1. The molecule has 2 aromatic heterocycles. The number of hydrogen-bond acceptors (Lipinski definition) is 6. The van der Waals surface area contributed by atoms with Crippen LogP contribution in [0.3, 0.4) is 0 Å². The fourth-order valence-corrected chi connectivity index (χ4v) is 2.97. The molecule has 1 amide bonds. The quantitative estimate of drug-likeness (QED) is 0.847. The lowest BCUT2D eigenvalue weighted by molar-refractivity contribution is -0.131. The molecule has 0 unspecified atom stereocenters. The Morgan fingerprint density at radius 1 is 1.40 bits per heavy atom. The zero-order valence-electron chi connectivity index (χ0n) is 10.7. The molecule has 0 atom stereocenters. The van der Waals surface area contributed by atoms with Gasteiger partial charge < -0.3 is 5.11 Å². The highest BCUT2D eigenvalue weighted by atomic mass is 32.1. The van der Waals surface area contributed by atoms with Crippen molar-refractivity contribution in [2.45, 2.75) is 13.8 Å². The number of anilines is 1. The molecule has 0 aromatic carbocycles. The Balaban J connectivity index is 2.15. The van der Waals surface area contributed by atoms with Crippen molar-refractivity contribution in [3.8, 4) is 0 Å². The molecule has 8 heteroatoms. The first kappa shape index (κ1) is 14.4. The maximum atomic E-state index is 12.0. The molecule has 20 heavy (non-hydrogen) atoms. The summed E-state index contributed by atoms with van der Waals surface area (Å²) in [4.78, 5) is 27.8. The molecule has 2 rings (SSSR count). The van der Waals surface area contributed by atoms with Gasteiger partial charge in [-0.05, 0) is 31.6 Å². The second kappa shape index (κ2) is 5.93. The molecular formula is C12H11N3O3S2. The summed E-state index contributed by atoms with van der Waals surface area (Å²) in [5, 5.41) is 11.7. The van der Waals surface area contributed by atoms with Crippen molar-refractivity contribution >= 4 is 46.0 Å². The molecule has 0 fully saturated rings. The van der Waals surface area contributed by atoms with Crippen LogP contribution >= 0.6 is 22.9 Å². The summed E-state index contributed by atoms with van der Waals surface area (Å²) in [6.07, 6.45) is 2.53. The van der Waals surface area contributed by atoms with E-state index in [1.807, 2.05) is 6.92 Å². The van der Waals surface area contributed by atoms with E-state index >= 15 is 0 Å². The fourth-order valence-electron chi connectivity index (χ4n) is 1.43. The van der Waals surface area contributed by atoms with E-state index in [1.54, 1.807) is 13.0 Å². The number of rotatable bonds is 4. The van der Waals surface area contributed by atoms with Gasteiger partial charge in [-0.3, -0.25) is 10.1 Å². The Morgan fingerprint density at radius 3 is 2.75 bits per heavy atom. The summed E-state index contributed by atoms with van der Waals surface area (Å²) in [5.41, 5.74) is 0.853. The van der Waals surface area contributed by atoms with Gasteiger partial charge in [-0.2, -0.15) is 4.37 Å². The third-order valence-corrected chi connectivity index (χ3v) is 4.23. The van der Waals surface area contributed by atoms with Crippen LogP contribution in [0.25, 0.3) is 6.08 Å². The van der Waals surface area contributed by atoms with Crippen LogP contribution in [-0.2, 0) is 4.79 Å². The molecule has 0 saturated carbocycles. The molecule has 2 heterocycles. The van der Waals surface area contributed by atoms with Gasteiger partial charge in [0.2, 0.25) is 5.13 Å². The summed E-state index contributed by atoms with van der Waals surface area (Å²) in [5.74, 6) is -0.685. The van der Waals surface area contributed by atoms with Gasteiger partial charge in [0.05, 0.1) is 4.88 Å². The van der Waals surface area contributed by atoms with Gasteiger partial charge in [0.15, 0.2) is 0 Å². The van der Waals surface area contributed by atoms with E-state index in [2.05, 4.69) is 14.7 Å². The summed E-state index contributed by atoms with van der Waals surface area (Å²) in [6.45, 7) is 3.57. The third-order valence-electron chi connectivity index (χ3n) is 2.31. The second-order valence-electron chi connectivity index (χ2n) is 3.93. The van der Waals surface area contributed by atoms with E-state index in [-0.39, 0.29) is 5.91 Å².